The Kier molecular flexibility index (Phi) is 5.43. The molecule has 1 saturated heterocycles. The van der Waals surface area contributed by atoms with Crippen LogP contribution in [0, 0.1) is 0 Å². The third-order valence-electron chi connectivity index (χ3n) is 3.22. The quantitative estimate of drug-likeness (QED) is 0.848. The largest absolute Gasteiger partial charge is 0.497 e. The third kappa shape index (κ3) is 3.74. The van der Waals surface area contributed by atoms with Crippen LogP contribution in [-0.2, 0) is 11.3 Å². The summed E-state index contributed by atoms with van der Waals surface area (Å²) in [7, 11) is 3.29. The molecule has 20 heavy (non-hydrogen) atoms. The fourth-order valence-electron chi connectivity index (χ4n) is 2.05. The van der Waals surface area contributed by atoms with Crippen molar-refractivity contribution in [1.82, 2.24) is 10.2 Å². The van der Waals surface area contributed by atoms with Crippen LogP contribution >= 0.6 is 12.2 Å². The Bertz CT molecular complexity index is 462. The molecule has 1 aliphatic rings. The molecule has 110 valence electrons. The van der Waals surface area contributed by atoms with Gasteiger partial charge in [0.25, 0.3) is 0 Å². The SMILES string of the molecule is COc1ccc(CNC(=S)N2CCOCC2)c(OC)c1. The number of ether oxygens (including phenoxy) is 3. The standard InChI is InChI=1S/C14H20N2O3S/c1-17-12-4-3-11(13(9-12)18-2)10-15-14(20)16-5-7-19-8-6-16/h3-4,9H,5-8,10H2,1-2H3,(H,15,20). The minimum atomic E-state index is 0.628. The van der Waals surface area contributed by atoms with Crippen LogP contribution in [0.15, 0.2) is 18.2 Å². The minimum Gasteiger partial charge on any atom is -0.497 e. The summed E-state index contributed by atoms with van der Waals surface area (Å²) in [5.74, 6) is 1.57. The molecule has 1 aromatic carbocycles. The Labute approximate surface area is 124 Å². The summed E-state index contributed by atoms with van der Waals surface area (Å²) >= 11 is 5.39. The highest BCUT2D eigenvalue weighted by molar-refractivity contribution is 7.80. The van der Waals surface area contributed by atoms with E-state index < -0.39 is 0 Å². The van der Waals surface area contributed by atoms with Gasteiger partial charge in [0.15, 0.2) is 5.11 Å². The Morgan fingerprint density at radius 1 is 1.30 bits per heavy atom. The highest BCUT2D eigenvalue weighted by atomic mass is 32.1. The summed E-state index contributed by atoms with van der Waals surface area (Å²) in [6.07, 6.45) is 0. The van der Waals surface area contributed by atoms with E-state index in [1.807, 2.05) is 18.2 Å². The molecule has 2 rings (SSSR count). The lowest BCUT2D eigenvalue weighted by Crippen LogP contribution is -2.45. The third-order valence-corrected chi connectivity index (χ3v) is 3.63. The van der Waals surface area contributed by atoms with Gasteiger partial charge in [-0.3, -0.25) is 0 Å². The Morgan fingerprint density at radius 2 is 2.05 bits per heavy atom. The lowest BCUT2D eigenvalue weighted by atomic mass is 10.2. The van der Waals surface area contributed by atoms with Crippen LogP contribution < -0.4 is 14.8 Å². The average Bonchev–Trinajstić information content (AvgIpc) is 2.53. The Hall–Kier alpha value is -1.53. The summed E-state index contributed by atoms with van der Waals surface area (Å²) in [4.78, 5) is 2.12. The summed E-state index contributed by atoms with van der Waals surface area (Å²) in [6.45, 7) is 3.77. The van der Waals surface area contributed by atoms with Crippen molar-refractivity contribution in [2.24, 2.45) is 0 Å². The first-order valence-electron chi connectivity index (χ1n) is 6.56. The van der Waals surface area contributed by atoms with Crippen molar-refractivity contribution in [3.63, 3.8) is 0 Å². The zero-order valence-electron chi connectivity index (χ0n) is 11.8. The lowest BCUT2D eigenvalue weighted by molar-refractivity contribution is 0.0676. The smallest absolute Gasteiger partial charge is 0.169 e. The zero-order valence-corrected chi connectivity index (χ0v) is 12.7. The van der Waals surface area contributed by atoms with Crippen LogP contribution in [0.1, 0.15) is 5.56 Å². The molecule has 0 unspecified atom stereocenters. The van der Waals surface area contributed by atoms with Gasteiger partial charge in [0.05, 0.1) is 27.4 Å². The Morgan fingerprint density at radius 3 is 2.70 bits per heavy atom. The van der Waals surface area contributed by atoms with Crippen molar-refractivity contribution in [2.75, 3.05) is 40.5 Å². The van der Waals surface area contributed by atoms with Crippen LogP contribution in [0.5, 0.6) is 11.5 Å². The van der Waals surface area contributed by atoms with E-state index in [-0.39, 0.29) is 0 Å². The zero-order chi connectivity index (χ0) is 14.4. The number of morpholine rings is 1. The second-order valence-corrected chi connectivity index (χ2v) is 4.82. The van der Waals surface area contributed by atoms with Gasteiger partial charge in [0.2, 0.25) is 0 Å². The second-order valence-electron chi connectivity index (χ2n) is 4.44. The van der Waals surface area contributed by atoms with E-state index >= 15 is 0 Å². The number of benzene rings is 1. The number of hydrogen-bond donors (Lipinski definition) is 1. The van der Waals surface area contributed by atoms with Crippen LogP contribution in [0.4, 0.5) is 0 Å². The van der Waals surface area contributed by atoms with Gasteiger partial charge in [0.1, 0.15) is 11.5 Å². The molecule has 0 radical (unpaired) electrons. The predicted molar refractivity (Wildman–Crippen MR) is 81.4 cm³/mol. The average molecular weight is 296 g/mol. The van der Waals surface area contributed by atoms with Crippen molar-refractivity contribution in [2.45, 2.75) is 6.54 Å². The van der Waals surface area contributed by atoms with Gasteiger partial charge in [-0.15, -0.1) is 0 Å². The molecular formula is C14H20N2O3S. The Balaban J connectivity index is 1.94. The van der Waals surface area contributed by atoms with Crippen LogP contribution in [0.3, 0.4) is 0 Å². The maximum Gasteiger partial charge on any atom is 0.169 e. The summed E-state index contributed by atoms with van der Waals surface area (Å²) in [5, 5.41) is 4.02. The summed E-state index contributed by atoms with van der Waals surface area (Å²) in [5.41, 5.74) is 1.05. The molecule has 1 aromatic rings. The fraction of sp³-hybridized carbons (Fsp3) is 0.500. The van der Waals surface area contributed by atoms with E-state index in [2.05, 4.69) is 10.2 Å². The molecule has 1 N–H and O–H groups in total. The van der Waals surface area contributed by atoms with Crippen LogP contribution in [0.25, 0.3) is 0 Å². The van der Waals surface area contributed by atoms with E-state index in [4.69, 9.17) is 26.4 Å². The number of nitrogens with one attached hydrogen (secondary N) is 1. The van der Waals surface area contributed by atoms with Crippen molar-refractivity contribution in [1.29, 1.82) is 0 Å². The first-order valence-corrected chi connectivity index (χ1v) is 6.97. The number of rotatable bonds is 4. The van der Waals surface area contributed by atoms with Gasteiger partial charge in [-0.1, -0.05) is 0 Å². The highest BCUT2D eigenvalue weighted by Crippen LogP contribution is 2.24. The number of hydrogen-bond acceptors (Lipinski definition) is 4. The number of nitrogens with zero attached hydrogens (tertiary/aromatic N) is 1. The first-order chi connectivity index (χ1) is 9.74. The molecule has 0 saturated carbocycles. The van der Waals surface area contributed by atoms with Crippen molar-refractivity contribution in [3.05, 3.63) is 23.8 Å². The molecule has 0 bridgehead atoms. The lowest BCUT2D eigenvalue weighted by Gasteiger charge is -2.29. The van der Waals surface area contributed by atoms with E-state index in [1.165, 1.54) is 0 Å². The number of methoxy groups -OCH3 is 2. The predicted octanol–water partition coefficient (Wildman–Crippen LogP) is 1.41. The van der Waals surface area contributed by atoms with Crippen molar-refractivity contribution < 1.29 is 14.2 Å². The number of thiocarbonyl (C=S) groups is 1. The molecule has 1 fully saturated rings. The second kappa shape index (κ2) is 7.31. The van der Waals surface area contributed by atoms with E-state index in [0.717, 1.165) is 48.5 Å². The van der Waals surface area contributed by atoms with Gasteiger partial charge >= 0.3 is 0 Å². The van der Waals surface area contributed by atoms with E-state index in [9.17, 15) is 0 Å². The molecule has 0 atom stereocenters. The first kappa shape index (κ1) is 14.9. The molecule has 0 amide bonds. The minimum absolute atomic E-state index is 0.628. The fourth-order valence-corrected chi connectivity index (χ4v) is 2.30. The molecule has 0 aromatic heterocycles. The topological polar surface area (TPSA) is 43.0 Å². The summed E-state index contributed by atoms with van der Waals surface area (Å²) < 4.78 is 15.9. The molecule has 1 aliphatic heterocycles. The maximum atomic E-state index is 5.39. The van der Waals surface area contributed by atoms with Gasteiger partial charge in [-0.2, -0.15) is 0 Å². The van der Waals surface area contributed by atoms with Gasteiger partial charge in [-0.05, 0) is 24.4 Å². The van der Waals surface area contributed by atoms with Gasteiger partial charge in [0, 0.05) is 31.3 Å². The monoisotopic (exact) mass is 296 g/mol. The van der Waals surface area contributed by atoms with E-state index in [1.54, 1.807) is 14.2 Å². The van der Waals surface area contributed by atoms with Crippen molar-refractivity contribution in [3.8, 4) is 11.5 Å². The van der Waals surface area contributed by atoms with Crippen molar-refractivity contribution >= 4 is 17.3 Å². The molecule has 0 aliphatic carbocycles. The normalized spacial score (nSPS) is 14.8. The molecule has 5 nitrogen and oxygen atoms in total. The maximum absolute atomic E-state index is 5.39. The van der Waals surface area contributed by atoms with Crippen LogP contribution in [-0.4, -0.2) is 50.5 Å². The highest BCUT2D eigenvalue weighted by Gasteiger charge is 2.14. The van der Waals surface area contributed by atoms with Gasteiger partial charge < -0.3 is 24.4 Å². The molecule has 0 spiro atoms. The molecule has 1 heterocycles. The molecule has 6 heteroatoms. The van der Waals surface area contributed by atoms with Gasteiger partial charge in [-0.25, -0.2) is 0 Å². The van der Waals surface area contributed by atoms with E-state index in [0.29, 0.717) is 6.54 Å². The van der Waals surface area contributed by atoms with Crippen LogP contribution in [0.2, 0.25) is 0 Å². The summed E-state index contributed by atoms with van der Waals surface area (Å²) in [6, 6.07) is 5.76. The molecular weight excluding hydrogens is 276 g/mol.